The van der Waals surface area contributed by atoms with Crippen molar-refractivity contribution in [1.29, 1.82) is 0 Å². The number of aryl methyl sites for hydroxylation is 2. The molecule has 6 heteroatoms. The van der Waals surface area contributed by atoms with Gasteiger partial charge in [0.1, 0.15) is 16.2 Å². The smallest absolute Gasteiger partial charge is 0.183 e. The first-order valence-electron chi connectivity index (χ1n) is 6.77. The van der Waals surface area contributed by atoms with Gasteiger partial charge >= 0.3 is 0 Å². The van der Waals surface area contributed by atoms with E-state index in [2.05, 4.69) is 9.97 Å². The van der Waals surface area contributed by atoms with Crippen LogP contribution in [0.3, 0.4) is 0 Å². The lowest BCUT2D eigenvalue weighted by atomic mass is 10.2. The molecule has 0 aromatic carbocycles. The van der Waals surface area contributed by atoms with Gasteiger partial charge in [0.05, 0.1) is 10.6 Å². The van der Waals surface area contributed by atoms with Crippen molar-refractivity contribution >= 4 is 50.4 Å². The van der Waals surface area contributed by atoms with Gasteiger partial charge < -0.3 is 0 Å². The first-order valence-corrected chi connectivity index (χ1v) is 9.46. The van der Waals surface area contributed by atoms with Crippen molar-refractivity contribution in [3.05, 3.63) is 39.2 Å². The maximum absolute atomic E-state index is 12.1. The maximum Gasteiger partial charge on any atom is 0.183 e. The average molecular weight is 332 g/mol. The molecule has 0 saturated heterocycles. The predicted octanol–water partition coefficient (Wildman–Crippen LogP) is 4.22. The quantitative estimate of drug-likeness (QED) is 0.408. The number of ketones is 1. The molecule has 0 saturated carbocycles. The number of thiophene rings is 2. The van der Waals surface area contributed by atoms with Crippen molar-refractivity contribution in [1.82, 2.24) is 9.97 Å². The minimum absolute atomic E-state index is 0.175. The van der Waals surface area contributed by atoms with Crippen LogP contribution >= 0.6 is 34.4 Å². The first kappa shape index (κ1) is 13.4. The Morgan fingerprint density at radius 2 is 2.29 bits per heavy atom. The van der Waals surface area contributed by atoms with Crippen LogP contribution in [0.2, 0.25) is 0 Å². The van der Waals surface area contributed by atoms with Gasteiger partial charge in [-0.2, -0.15) is 0 Å². The molecule has 0 spiro atoms. The third kappa shape index (κ3) is 2.41. The molecule has 21 heavy (non-hydrogen) atoms. The molecule has 0 radical (unpaired) electrons. The highest BCUT2D eigenvalue weighted by atomic mass is 32.2. The summed E-state index contributed by atoms with van der Waals surface area (Å²) in [7, 11) is 0. The largest absolute Gasteiger partial charge is 0.292 e. The van der Waals surface area contributed by atoms with Crippen LogP contribution in [0.1, 0.15) is 26.5 Å². The van der Waals surface area contributed by atoms with Gasteiger partial charge in [0.25, 0.3) is 0 Å². The summed E-state index contributed by atoms with van der Waals surface area (Å²) in [6.07, 6.45) is 5.12. The zero-order valence-corrected chi connectivity index (χ0v) is 13.6. The van der Waals surface area contributed by atoms with Crippen LogP contribution < -0.4 is 0 Å². The zero-order valence-electron chi connectivity index (χ0n) is 11.2. The molecule has 106 valence electrons. The maximum atomic E-state index is 12.1. The van der Waals surface area contributed by atoms with E-state index < -0.39 is 0 Å². The van der Waals surface area contributed by atoms with Gasteiger partial charge in [0.15, 0.2) is 5.78 Å². The molecule has 0 N–H and O–H groups in total. The predicted molar refractivity (Wildman–Crippen MR) is 88.8 cm³/mol. The molecule has 1 aliphatic carbocycles. The highest BCUT2D eigenvalue weighted by Gasteiger charge is 2.21. The molecule has 3 aromatic heterocycles. The van der Waals surface area contributed by atoms with E-state index in [1.54, 1.807) is 17.7 Å². The molecule has 3 heterocycles. The molecule has 1 aliphatic rings. The molecule has 0 fully saturated rings. The van der Waals surface area contributed by atoms with Gasteiger partial charge in [-0.25, -0.2) is 9.97 Å². The Morgan fingerprint density at radius 1 is 1.33 bits per heavy atom. The van der Waals surface area contributed by atoms with Crippen molar-refractivity contribution in [3.63, 3.8) is 0 Å². The molecule has 0 amide bonds. The van der Waals surface area contributed by atoms with Crippen molar-refractivity contribution in [2.45, 2.75) is 24.3 Å². The van der Waals surface area contributed by atoms with E-state index >= 15 is 0 Å². The summed E-state index contributed by atoms with van der Waals surface area (Å²) in [5.74, 6) is 0.616. The molecule has 0 bridgehead atoms. The lowest BCUT2D eigenvalue weighted by Crippen LogP contribution is -2.00. The number of hydrogen-bond donors (Lipinski definition) is 0. The van der Waals surface area contributed by atoms with E-state index in [-0.39, 0.29) is 5.78 Å². The van der Waals surface area contributed by atoms with Crippen molar-refractivity contribution in [2.24, 2.45) is 0 Å². The van der Waals surface area contributed by atoms with Crippen LogP contribution in [0, 0.1) is 0 Å². The molecule has 3 nitrogen and oxygen atoms in total. The van der Waals surface area contributed by atoms with Crippen LogP contribution in [-0.2, 0) is 12.8 Å². The minimum atomic E-state index is 0.175. The summed E-state index contributed by atoms with van der Waals surface area (Å²) in [4.78, 5) is 24.3. The molecular formula is C15H12N2OS3. The fourth-order valence-electron chi connectivity index (χ4n) is 2.65. The third-order valence-corrected chi connectivity index (χ3v) is 6.70. The van der Waals surface area contributed by atoms with E-state index in [1.807, 2.05) is 17.5 Å². The van der Waals surface area contributed by atoms with E-state index in [4.69, 9.17) is 0 Å². The summed E-state index contributed by atoms with van der Waals surface area (Å²) in [5.41, 5.74) is 1.42. The first-order chi connectivity index (χ1) is 10.3. The van der Waals surface area contributed by atoms with Crippen LogP contribution in [0.4, 0.5) is 0 Å². The van der Waals surface area contributed by atoms with E-state index in [9.17, 15) is 4.79 Å². The number of Topliss-reactive ketones (excluding diaryl/α,β-unsaturated/α-hetero) is 1. The second-order valence-electron chi connectivity index (χ2n) is 4.91. The van der Waals surface area contributed by atoms with E-state index in [1.165, 1.54) is 45.3 Å². The fourth-order valence-corrected chi connectivity index (χ4v) is 5.61. The number of rotatable bonds is 4. The van der Waals surface area contributed by atoms with Crippen LogP contribution in [0.5, 0.6) is 0 Å². The molecule has 0 unspecified atom stereocenters. The number of carbonyl (C=O) groups excluding carboxylic acids is 1. The van der Waals surface area contributed by atoms with Crippen molar-refractivity contribution < 1.29 is 4.79 Å². The Bertz CT molecular complexity index is 808. The molecular weight excluding hydrogens is 320 g/mol. The number of hydrogen-bond acceptors (Lipinski definition) is 6. The van der Waals surface area contributed by atoms with Gasteiger partial charge in [-0.05, 0) is 36.3 Å². The van der Waals surface area contributed by atoms with Crippen molar-refractivity contribution in [2.75, 3.05) is 5.75 Å². The van der Waals surface area contributed by atoms with E-state index in [0.717, 1.165) is 27.6 Å². The summed E-state index contributed by atoms with van der Waals surface area (Å²) in [6, 6.07) is 3.79. The van der Waals surface area contributed by atoms with Gasteiger partial charge in [-0.1, -0.05) is 17.8 Å². The van der Waals surface area contributed by atoms with Gasteiger partial charge in [0.2, 0.25) is 0 Å². The SMILES string of the molecule is O=C(CSc1ncnc2sc3c(c12)CCC3)c1cccs1. The Kier molecular flexibility index (Phi) is 3.52. The Labute approximate surface area is 134 Å². The van der Waals surface area contributed by atoms with Crippen LogP contribution in [-0.4, -0.2) is 21.5 Å². The van der Waals surface area contributed by atoms with Crippen molar-refractivity contribution in [3.8, 4) is 0 Å². The highest BCUT2D eigenvalue weighted by Crippen LogP contribution is 2.40. The second-order valence-corrected chi connectivity index (χ2v) is 7.90. The molecule has 3 aromatic rings. The fraction of sp³-hybridized carbons (Fsp3) is 0.267. The summed E-state index contributed by atoms with van der Waals surface area (Å²) in [6.45, 7) is 0. The van der Waals surface area contributed by atoms with Crippen LogP contribution in [0.15, 0.2) is 28.9 Å². The summed E-state index contributed by atoms with van der Waals surface area (Å²) < 4.78 is 0. The summed E-state index contributed by atoms with van der Waals surface area (Å²) >= 11 is 4.82. The minimum Gasteiger partial charge on any atom is -0.292 e. The van der Waals surface area contributed by atoms with E-state index in [0.29, 0.717) is 5.75 Å². The number of nitrogens with zero attached hydrogens (tertiary/aromatic N) is 2. The topological polar surface area (TPSA) is 42.9 Å². The Hall–Kier alpha value is -1.24. The normalized spacial score (nSPS) is 13.7. The zero-order chi connectivity index (χ0) is 14.2. The van der Waals surface area contributed by atoms with Gasteiger partial charge in [0, 0.05) is 10.3 Å². The Morgan fingerprint density at radius 3 is 3.14 bits per heavy atom. The molecule has 0 aliphatic heterocycles. The van der Waals surface area contributed by atoms with Gasteiger partial charge in [-0.3, -0.25) is 4.79 Å². The molecule has 0 atom stereocenters. The van der Waals surface area contributed by atoms with Crippen LogP contribution in [0.25, 0.3) is 10.2 Å². The van der Waals surface area contributed by atoms with Gasteiger partial charge in [-0.15, -0.1) is 22.7 Å². The standard InChI is InChI=1S/C15H12N2OS3/c18-10(12-5-2-6-19-12)7-20-14-13-9-3-1-4-11(9)21-15(13)17-8-16-14/h2,5-6,8H,1,3-4,7H2. The second kappa shape index (κ2) is 5.51. The lowest BCUT2D eigenvalue weighted by Gasteiger charge is -2.02. The number of aromatic nitrogens is 2. The summed E-state index contributed by atoms with van der Waals surface area (Å²) in [5, 5.41) is 4.09. The molecule has 4 rings (SSSR count). The highest BCUT2D eigenvalue weighted by molar-refractivity contribution is 8.00. The monoisotopic (exact) mass is 332 g/mol. The number of fused-ring (bicyclic) bond motifs is 3. The Balaban J connectivity index is 1.63. The average Bonchev–Trinajstić information content (AvgIpc) is 3.19. The number of carbonyl (C=O) groups is 1. The third-order valence-electron chi connectivity index (χ3n) is 3.60. The lowest BCUT2D eigenvalue weighted by molar-refractivity contribution is 0.102. The number of thioether (sulfide) groups is 1.